The van der Waals surface area contributed by atoms with Crippen LogP contribution < -0.4 is 54.4 Å². The molecule has 0 saturated carbocycles. The fourth-order valence-corrected chi connectivity index (χ4v) is 17.6. The van der Waals surface area contributed by atoms with Crippen molar-refractivity contribution in [3.63, 3.8) is 0 Å². The molecule has 1 aromatic heterocycles. The van der Waals surface area contributed by atoms with Crippen molar-refractivity contribution in [2.75, 3.05) is 104 Å². The molecule has 0 spiro atoms. The second-order valence-electron chi connectivity index (χ2n) is 27.2. The lowest BCUT2D eigenvalue weighted by Crippen LogP contribution is -2.47. The van der Waals surface area contributed by atoms with E-state index in [4.69, 9.17) is 46.4 Å². The Morgan fingerprint density at radius 2 is 0.645 bits per heavy atom. The zero-order chi connectivity index (χ0) is 86.1. The van der Waals surface area contributed by atoms with E-state index >= 15 is 0 Å². The highest BCUT2D eigenvalue weighted by Crippen LogP contribution is 2.36. The molecular weight excluding hydrogens is 1720 g/mol. The molecule has 27 nitrogen and oxygen atoms in total. The van der Waals surface area contributed by atoms with Crippen LogP contribution in [0.25, 0.3) is 10.9 Å². The third-order valence-corrected chi connectivity index (χ3v) is 27.4. The molecule has 4 aliphatic heterocycles. The van der Waals surface area contributed by atoms with E-state index in [1.54, 1.807) is 171 Å². The van der Waals surface area contributed by atoms with Crippen LogP contribution in [-0.4, -0.2) is 129 Å². The number of pyridine rings is 1. The Balaban J connectivity index is 0.000000140. The van der Waals surface area contributed by atoms with E-state index < -0.39 is 57.7 Å². The molecule has 4 fully saturated rings. The topological polar surface area (TPSA) is 366 Å². The van der Waals surface area contributed by atoms with Crippen LogP contribution in [0.3, 0.4) is 0 Å². The summed E-state index contributed by atoms with van der Waals surface area (Å²) < 4.78 is 113. The van der Waals surface area contributed by atoms with Gasteiger partial charge in [-0.2, -0.15) is 0 Å². The smallest absolute Gasteiger partial charge is 0.258 e. The van der Waals surface area contributed by atoms with Crippen molar-refractivity contribution in [3.05, 3.63) is 331 Å². The quantitative estimate of drug-likeness (QED) is 0.0420. The number of anilines is 11. The molecule has 0 atom stereocenters. The van der Waals surface area contributed by atoms with Crippen molar-refractivity contribution in [3.8, 4) is 0 Å². The fourth-order valence-electron chi connectivity index (χ4n) is 12.4. The molecule has 5 heterocycles. The first-order valence-corrected chi connectivity index (χ1v) is 44.6. The van der Waals surface area contributed by atoms with Crippen LogP contribution in [0.2, 0.25) is 20.1 Å². The Morgan fingerprint density at radius 1 is 0.314 bits per heavy atom. The van der Waals surface area contributed by atoms with Gasteiger partial charge < -0.3 is 37.2 Å². The number of fused-ring (bicyclic) bond motifs is 1. The molecule has 11 aromatic carbocycles. The number of hydrogen-bond acceptors (Lipinski definition) is 16. The summed E-state index contributed by atoms with van der Waals surface area (Å²) in [6.07, 6.45) is 1.70. The van der Waals surface area contributed by atoms with Crippen LogP contribution in [0, 0.1) is 12.7 Å². The second-order valence-corrected chi connectivity index (χ2v) is 36.9. The van der Waals surface area contributed by atoms with Gasteiger partial charge >= 0.3 is 0 Å². The summed E-state index contributed by atoms with van der Waals surface area (Å²) >= 11 is 24.8. The first kappa shape index (κ1) is 86.1. The molecule has 7 N–H and O–H groups in total. The minimum Gasteiger partial charge on any atom is -0.322 e. The van der Waals surface area contributed by atoms with E-state index in [2.05, 4.69) is 42.2 Å². The van der Waals surface area contributed by atoms with Gasteiger partial charge in [0.25, 0.3) is 41.4 Å². The first-order valence-electron chi connectivity index (χ1n) is 36.7. The lowest BCUT2D eigenvalue weighted by atomic mass is 10.1. The normalized spacial score (nSPS) is 14.6. The molecule has 7 amide bonds. The van der Waals surface area contributed by atoms with Crippen LogP contribution in [0.1, 0.15) is 78.1 Å². The van der Waals surface area contributed by atoms with Crippen molar-refractivity contribution in [1.82, 2.24) is 4.98 Å². The number of carbonyl (C=O) groups is 7. The van der Waals surface area contributed by atoms with Crippen LogP contribution in [0.5, 0.6) is 0 Å². The highest BCUT2D eigenvalue weighted by molar-refractivity contribution is 7.95. The highest BCUT2D eigenvalue weighted by Gasteiger charge is 2.37. The van der Waals surface area contributed by atoms with Gasteiger partial charge in [-0.25, -0.2) is 38.1 Å². The largest absolute Gasteiger partial charge is 0.322 e. The summed E-state index contributed by atoms with van der Waals surface area (Å²) in [6, 6.07) is 68.7. The molecule has 4 saturated heterocycles. The Morgan fingerprint density at radius 3 is 1.03 bits per heavy atom. The molecule has 0 radical (unpaired) electrons. The Labute approximate surface area is 714 Å². The summed E-state index contributed by atoms with van der Waals surface area (Å²) in [7, 11) is -13.1. The van der Waals surface area contributed by atoms with Gasteiger partial charge in [-0.1, -0.05) is 113 Å². The molecule has 618 valence electrons. The predicted molar refractivity (Wildman–Crippen MR) is 471 cm³/mol. The minimum atomic E-state index is -3.39. The number of carbonyl (C=O) groups excluding carboxylic acids is 7. The fraction of sp³-hybridized carbons (Fsp3) is 0.106. The Bertz CT molecular complexity index is 6090. The molecule has 12 aromatic rings. The predicted octanol–water partition coefficient (Wildman–Crippen LogP) is 15.7. The number of nitrogens with one attached hydrogen (secondary N) is 7. The summed E-state index contributed by atoms with van der Waals surface area (Å²) in [6.45, 7) is 3.33. The SMILES string of the molecule is Cc1cc(N2CCS2(=O)=O)ccc1C(=O)Nc1ccc(Cl)c(NC(=O)c2ccccc2)c1.O=C(Nc1cc(NC(=O)c2ccc(N3CCS3(=O)=O)cc2Cl)ccc1Cl)c1ccccc1.O=C(Nc1cc(NC(=O)c2ccc(N3CCS3(=O)=O)cc2F)ccc1Cl)c1ccccc1.O=C(Nc1ccc2cccnc2c1)c1ccc(N2CCS2(=O)=O)cc1. The number of benzene rings is 11. The van der Waals surface area contributed by atoms with Gasteiger partial charge in [0.1, 0.15) is 5.82 Å². The van der Waals surface area contributed by atoms with Gasteiger partial charge in [0.05, 0.1) is 99.6 Å². The zero-order valence-electron chi connectivity index (χ0n) is 63.4. The molecule has 0 unspecified atom stereocenters. The Kier molecular flexibility index (Phi) is 26.2. The van der Waals surface area contributed by atoms with Crippen LogP contribution in [0.15, 0.2) is 261 Å². The van der Waals surface area contributed by atoms with Crippen molar-refractivity contribution in [1.29, 1.82) is 0 Å². The van der Waals surface area contributed by atoms with Crippen LogP contribution in [0.4, 0.5) is 67.0 Å². The summed E-state index contributed by atoms with van der Waals surface area (Å²) in [5.41, 5.74) is 8.12. The number of amides is 7. The van der Waals surface area contributed by atoms with E-state index in [9.17, 15) is 71.6 Å². The van der Waals surface area contributed by atoms with E-state index in [0.29, 0.717) is 109 Å². The first-order chi connectivity index (χ1) is 57.8. The standard InChI is InChI=1S/C23H20ClN3O4S.C22H17Cl2N3O4S.C22H17ClFN3O4S.C18H15N3O3S/c1-15-13-18(27-11-12-32(27,30)31)8-9-19(15)23(29)25-17-7-10-20(24)21(14-17)26-22(28)16-5-3-2-4-6-16;2*23-18-9-6-15(12-20(18)26-21(28)14-4-2-1-3-5-14)25-22(29)17-8-7-16(13-19(17)24)27-10-11-32(27,30)31;22-18(20-15-6-3-13-2-1-9-19-17(13)12-15)14-4-7-16(8-5-14)21-10-11-25(21,23)24/h2-10,13-14H,11-12H2,1H3,(H,25,29)(H,26,28);2*1-9,12-13H,10-11H2,(H,25,29)(H,26,28);1-9,12H,10-11H2,(H,20,22). The van der Waals surface area contributed by atoms with Gasteiger partial charge in [-0.3, -0.25) is 55.8 Å². The molecule has 0 bridgehead atoms. The van der Waals surface area contributed by atoms with Crippen molar-refractivity contribution in [2.45, 2.75) is 6.92 Å². The van der Waals surface area contributed by atoms with Crippen LogP contribution >= 0.6 is 46.4 Å². The lowest BCUT2D eigenvalue weighted by molar-refractivity contribution is 0.101. The maximum absolute atomic E-state index is 14.5. The van der Waals surface area contributed by atoms with Gasteiger partial charge in [0, 0.05) is 88.3 Å². The van der Waals surface area contributed by atoms with Gasteiger partial charge in [-0.15, -0.1) is 0 Å². The lowest BCUT2D eigenvalue weighted by Gasteiger charge is -2.32. The van der Waals surface area contributed by atoms with Gasteiger partial charge in [0.15, 0.2) is 0 Å². The number of nitrogens with zero attached hydrogens (tertiary/aromatic N) is 5. The van der Waals surface area contributed by atoms with E-state index in [1.807, 2.05) is 36.4 Å². The maximum Gasteiger partial charge on any atom is 0.258 e. The maximum atomic E-state index is 14.5. The number of sulfonamides is 4. The van der Waals surface area contributed by atoms with Gasteiger partial charge in [0.2, 0.25) is 40.1 Å². The molecule has 16 rings (SSSR count). The molecule has 0 aliphatic carbocycles. The summed E-state index contributed by atoms with van der Waals surface area (Å²) in [4.78, 5) is 91.9. The third-order valence-electron chi connectivity index (χ3n) is 19.1. The van der Waals surface area contributed by atoms with Crippen LogP contribution in [-0.2, 0) is 40.1 Å². The summed E-state index contributed by atoms with van der Waals surface area (Å²) in [5.74, 6) is -3.32. The molecule has 121 heavy (non-hydrogen) atoms. The minimum absolute atomic E-state index is 0.0105. The number of halogens is 5. The van der Waals surface area contributed by atoms with E-state index in [-0.39, 0.29) is 97.3 Å². The highest BCUT2D eigenvalue weighted by atomic mass is 35.5. The van der Waals surface area contributed by atoms with Crippen molar-refractivity contribution >= 4 is 201 Å². The number of rotatable bonds is 18. The number of aromatic nitrogens is 1. The molecule has 4 aliphatic rings. The van der Waals surface area contributed by atoms with Gasteiger partial charge in [-0.05, 0) is 201 Å². The number of hydrogen-bond donors (Lipinski definition) is 7. The monoisotopic (exact) mass is 1780 g/mol. The third kappa shape index (κ3) is 20.7. The summed E-state index contributed by atoms with van der Waals surface area (Å²) in [5, 5.41) is 21.1. The Hall–Kier alpha value is -12.8. The van der Waals surface area contributed by atoms with Crippen molar-refractivity contribution in [2.24, 2.45) is 0 Å². The average molecular weight is 1790 g/mol. The zero-order valence-corrected chi connectivity index (χ0v) is 69.7. The second kappa shape index (κ2) is 36.8. The van der Waals surface area contributed by atoms with E-state index in [1.165, 1.54) is 67.5 Å². The average Bonchev–Trinajstić information content (AvgIpc) is 0.780. The number of aryl methyl sites for hydroxylation is 1. The molecule has 36 heteroatoms. The van der Waals surface area contributed by atoms with E-state index in [0.717, 1.165) is 21.3 Å². The molecular formula is C85H69Cl4FN12O15S4. The van der Waals surface area contributed by atoms with Crippen molar-refractivity contribution < 1.29 is 71.6 Å².